The summed E-state index contributed by atoms with van der Waals surface area (Å²) >= 11 is 0. The lowest BCUT2D eigenvalue weighted by molar-refractivity contribution is 0.288. The molecule has 0 unspecified atom stereocenters. The fraction of sp³-hybridized carbons (Fsp3) is 0.429. The van der Waals surface area contributed by atoms with Gasteiger partial charge in [0.05, 0.1) is 6.54 Å². The van der Waals surface area contributed by atoms with Crippen LogP contribution >= 0.6 is 0 Å². The van der Waals surface area contributed by atoms with Gasteiger partial charge in [0.2, 0.25) is 0 Å². The Morgan fingerprint density at radius 2 is 2.00 bits per heavy atom. The van der Waals surface area contributed by atoms with Crippen molar-refractivity contribution < 1.29 is 0 Å². The lowest BCUT2D eigenvalue weighted by atomic mass is 10.2. The van der Waals surface area contributed by atoms with E-state index in [0.717, 1.165) is 32.7 Å². The summed E-state index contributed by atoms with van der Waals surface area (Å²) in [6.45, 7) is 7.20. The molecule has 0 radical (unpaired) electrons. The standard InChI is InChI=1S/C14H18N2/c1-3-7-15-8-10-16(11-9-15)14-6-4-5-13(2)12-14/h1,4-6,12H,7-11H2,2H3. The molecule has 16 heavy (non-hydrogen) atoms. The second-order valence-corrected chi connectivity index (χ2v) is 4.31. The van der Waals surface area contributed by atoms with E-state index in [1.807, 2.05) is 0 Å². The van der Waals surface area contributed by atoms with Gasteiger partial charge in [-0.1, -0.05) is 18.1 Å². The Balaban J connectivity index is 1.97. The topological polar surface area (TPSA) is 6.48 Å². The Kier molecular flexibility index (Phi) is 3.48. The number of nitrogens with zero attached hydrogens (tertiary/aromatic N) is 2. The van der Waals surface area contributed by atoms with Crippen molar-refractivity contribution in [2.75, 3.05) is 37.6 Å². The summed E-state index contributed by atoms with van der Waals surface area (Å²) < 4.78 is 0. The normalized spacial score (nSPS) is 17.1. The summed E-state index contributed by atoms with van der Waals surface area (Å²) in [6, 6.07) is 8.69. The molecule has 1 aliphatic rings. The first-order valence-corrected chi connectivity index (χ1v) is 5.77. The van der Waals surface area contributed by atoms with E-state index in [4.69, 9.17) is 6.42 Å². The Labute approximate surface area is 97.9 Å². The SMILES string of the molecule is C#CCN1CCN(c2cccc(C)c2)CC1. The van der Waals surface area contributed by atoms with Crippen molar-refractivity contribution >= 4 is 5.69 Å². The molecule has 0 atom stereocenters. The monoisotopic (exact) mass is 214 g/mol. The molecule has 1 saturated heterocycles. The van der Waals surface area contributed by atoms with E-state index in [0.29, 0.717) is 0 Å². The van der Waals surface area contributed by atoms with Crippen molar-refractivity contribution in [2.45, 2.75) is 6.92 Å². The van der Waals surface area contributed by atoms with Gasteiger partial charge in [0.15, 0.2) is 0 Å². The number of hydrogen-bond acceptors (Lipinski definition) is 2. The van der Waals surface area contributed by atoms with Crippen LogP contribution in [0.3, 0.4) is 0 Å². The van der Waals surface area contributed by atoms with Gasteiger partial charge in [-0.2, -0.15) is 0 Å². The van der Waals surface area contributed by atoms with Crippen LogP contribution in [0.4, 0.5) is 5.69 Å². The third kappa shape index (κ3) is 2.56. The van der Waals surface area contributed by atoms with Gasteiger partial charge in [0, 0.05) is 31.9 Å². The van der Waals surface area contributed by atoms with Crippen LogP contribution in [0.25, 0.3) is 0 Å². The second kappa shape index (κ2) is 5.05. The molecule has 0 spiro atoms. The van der Waals surface area contributed by atoms with Gasteiger partial charge in [-0.25, -0.2) is 0 Å². The maximum absolute atomic E-state index is 5.32. The number of benzene rings is 1. The summed E-state index contributed by atoms with van der Waals surface area (Å²) in [5.41, 5.74) is 2.66. The van der Waals surface area contributed by atoms with E-state index in [9.17, 15) is 0 Å². The minimum atomic E-state index is 0.779. The Morgan fingerprint density at radius 3 is 2.62 bits per heavy atom. The molecule has 0 aliphatic carbocycles. The number of rotatable bonds is 2. The smallest absolute Gasteiger partial charge is 0.0600 e. The maximum atomic E-state index is 5.32. The first kappa shape index (κ1) is 11.0. The second-order valence-electron chi connectivity index (χ2n) is 4.31. The van der Waals surface area contributed by atoms with Gasteiger partial charge in [0.1, 0.15) is 0 Å². The quantitative estimate of drug-likeness (QED) is 0.692. The molecule has 0 aromatic heterocycles. The van der Waals surface area contributed by atoms with Crippen LogP contribution in [0.1, 0.15) is 5.56 Å². The molecule has 1 aromatic rings. The Hall–Kier alpha value is -1.46. The van der Waals surface area contributed by atoms with Gasteiger partial charge >= 0.3 is 0 Å². The summed E-state index contributed by atoms with van der Waals surface area (Å²) in [5, 5.41) is 0. The van der Waals surface area contributed by atoms with E-state index in [1.54, 1.807) is 0 Å². The maximum Gasteiger partial charge on any atom is 0.0600 e. The van der Waals surface area contributed by atoms with Crippen molar-refractivity contribution in [3.05, 3.63) is 29.8 Å². The Morgan fingerprint density at radius 1 is 1.25 bits per heavy atom. The molecule has 1 heterocycles. The average molecular weight is 214 g/mol. The van der Waals surface area contributed by atoms with Crippen LogP contribution in [0.15, 0.2) is 24.3 Å². The first-order chi connectivity index (χ1) is 7.79. The fourth-order valence-electron chi connectivity index (χ4n) is 2.12. The van der Waals surface area contributed by atoms with Crippen molar-refractivity contribution in [3.8, 4) is 12.3 Å². The highest BCUT2D eigenvalue weighted by molar-refractivity contribution is 5.48. The van der Waals surface area contributed by atoms with E-state index in [1.165, 1.54) is 11.3 Å². The summed E-state index contributed by atoms with van der Waals surface area (Å²) in [7, 11) is 0. The first-order valence-electron chi connectivity index (χ1n) is 5.77. The lowest BCUT2D eigenvalue weighted by Crippen LogP contribution is -2.46. The molecule has 1 aromatic carbocycles. The van der Waals surface area contributed by atoms with Crippen LogP contribution < -0.4 is 4.90 Å². The molecule has 0 saturated carbocycles. The minimum absolute atomic E-state index is 0.779. The predicted molar refractivity (Wildman–Crippen MR) is 68.7 cm³/mol. The van der Waals surface area contributed by atoms with E-state index < -0.39 is 0 Å². The largest absolute Gasteiger partial charge is 0.369 e. The number of terminal acetylenes is 1. The molecule has 1 fully saturated rings. The minimum Gasteiger partial charge on any atom is -0.369 e. The molecule has 2 heteroatoms. The third-order valence-corrected chi connectivity index (χ3v) is 3.05. The molecule has 0 N–H and O–H groups in total. The zero-order valence-corrected chi connectivity index (χ0v) is 9.82. The van der Waals surface area contributed by atoms with Gasteiger partial charge < -0.3 is 4.90 Å². The summed E-state index contributed by atoms with van der Waals surface area (Å²) in [4.78, 5) is 4.76. The summed E-state index contributed by atoms with van der Waals surface area (Å²) in [5.74, 6) is 2.71. The van der Waals surface area contributed by atoms with Crippen molar-refractivity contribution in [1.29, 1.82) is 0 Å². The highest BCUT2D eigenvalue weighted by Crippen LogP contribution is 2.17. The number of anilines is 1. The lowest BCUT2D eigenvalue weighted by Gasteiger charge is -2.35. The highest BCUT2D eigenvalue weighted by atomic mass is 15.3. The molecule has 1 aliphatic heterocycles. The average Bonchev–Trinajstić information content (AvgIpc) is 2.30. The highest BCUT2D eigenvalue weighted by Gasteiger charge is 2.15. The number of aryl methyl sites for hydroxylation is 1. The van der Waals surface area contributed by atoms with Crippen molar-refractivity contribution in [2.24, 2.45) is 0 Å². The van der Waals surface area contributed by atoms with E-state index in [-0.39, 0.29) is 0 Å². The van der Waals surface area contributed by atoms with Crippen LogP contribution in [0.2, 0.25) is 0 Å². The number of piperazine rings is 1. The summed E-state index contributed by atoms with van der Waals surface area (Å²) in [6.07, 6.45) is 5.32. The molecule has 2 nitrogen and oxygen atoms in total. The third-order valence-electron chi connectivity index (χ3n) is 3.05. The zero-order valence-electron chi connectivity index (χ0n) is 9.82. The number of hydrogen-bond donors (Lipinski definition) is 0. The fourth-order valence-corrected chi connectivity index (χ4v) is 2.12. The van der Waals surface area contributed by atoms with Crippen LogP contribution in [0, 0.1) is 19.3 Å². The van der Waals surface area contributed by atoms with E-state index >= 15 is 0 Å². The van der Waals surface area contributed by atoms with Gasteiger partial charge in [-0.3, -0.25) is 4.90 Å². The van der Waals surface area contributed by atoms with E-state index in [2.05, 4.69) is 46.9 Å². The Bertz CT molecular complexity index is 384. The van der Waals surface area contributed by atoms with Gasteiger partial charge in [-0.05, 0) is 24.6 Å². The van der Waals surface area contributed by atoms with Crippen molar-refractivity contribution in [3.63, 3.8) is 0 Å². The molecule has 0 amide bonds. The van der Waals surface area contributed by atoms with Crippen LogP contribution in [0.5, 0.6) is 0 Å². The van der Waals surface area contributed by atoms with Gasteiger partial charge in [0.25, 0.3) is 0 Å². The predicted octanol–water partition coefficient (Wildman–Crippen LogP) is 1.75. The molecular weight excluding hydrogens is 196 g/mol. The van der Waals surface area contributed by atoms with Crippen LogP contribution in [-0.2, 0) is 0 Å². The molecule has 2 rings (SSSR count). The van der Waals surface area contributed by atoms with Crippen LogP contribution in [-0.4, -0.2) is 37.6 Å². The zero-order chi connectivity index (χ0) is 11.4. The van der Waals surface area contributed by atoms with Gasteiger partial charge in [-0.15, -0.1) is 6.42 Å². The molecule has 0 bridgehead atoms. The van der Waals surface area contributed by atoms with Crippen molar-refractivity contribution in [1.82, 2.24) is 4.90 Å². The molecular formula is C14H18N2. The molecule has 84 valence electrons.